The average molecular weight is 381 g/mol. The molecule has 3 aromatic carbocycles. The summed E-state index contributed by atoms with van der Waals surface area (Å²) in [6.07, 6.45) is 1.54. The fourth-order valence-corrected chi connectivity index (χ4v) is 4.69. The molecular weight excluding hydrogens is 364 g/mol. The van der Waals surface area contributed by atoms with Crippen LogP contribution in [-0.4, -0.2) is 18.0 Å². The molecule has 135 valence electrons. The quantitative estimate of drug-likeness (QED) is 0.462. The summed E-state index contributed by atoms with van der Waals surface area (Å²) in [5.74, 6) is 0. The highest BCUT2D eigenvalue weighted by Gasteiger charge is 2.41. The standard InChI is InChI=1S/C24H17N2OS/c1-4-10-18(11-5-1)21-22(19-12-6-2-7-13-19)28-23(26-21)24(16-27-17-25-24)20-14-8-3-9-15-20/h1-8,10-15,17H,16H2. The van der Waals surface area contributed by atoms with Gasteiger partial charge in [0.2, 0.25) is 0 Å². The number of aromatic nitrogens is 1. The first-order chi connectivity index (χ1) is 13.9. The number of aliphatic imine (C=N–C) groups is 1. The van der Waals surface area contributed by atoms with Crippen LogP contribution in [0.3, 0.4) is 0 Å². The van der Waals surface area contributed by atoms with Gasteiger partial charge < -0.3 is 4.74 Å². The number of hydrogen-bond acceptors (Lipinski definition) is 4. The van der Waals surface area contributed by atoms with Crippen LogP contribution in [0.4, 0.5) is 0 Å². The number of rotatable bonds is 4. The largest absolute Gasteiger partial charge is 0.480 e. The number of nitrogens with zero attached hydrogens (tertiary/aromatic N) is 2. The second kappa shape index (κ2) is 7.06. The Labute approximate surface area is 168 Å². The van der Waals surface area contributed by atoms with E-state index < -0.39 is 5.54 Å². The van der Waals surface area contributed by atoms with E-state index in [9.17, 15) is 0 Å². The fourth-order valence-electron chi connectivity index (χ4n) is 3.45. The van der Waals surface area contributed by atoms with Crippen LogP contribution in [0.2, 0.25) is 0 Å². The van der Waals surface area contributed by atoms with Crippen LogP contribution in [0.1, 0.15) is 10.6 Å². The maximum atomic E-state index is 5.59. The Balaban J connectivity index is 1.73. The minimum Gasteiger partial charge on any atom is -0.480 e. The highest BCUT2D eigenvalue weighted by molar-refractivity contribution is 7.16. The van der Waals surface area contributed by atoms with Gasteiger partial charge in [0.1, 0.15) is 11.6 Å². The van der Waals surface area contributed by atoms with E-state index in [0.717, 1.165) is 32.3 Å². The molecule has 0 aliphatic carbocycles. The highest BCUT2D eigenvalue weighted by atomic mass is 32.1. The second-order valence-electron chi connectivity index (χ2n) is 6.63. The van der Waals surface area contributed by atoms with E-state index in [2.05, 4.69) is 48.5 Å². The molecule has 0 saturated heterocycles. The van der Waals surface area contributed by atoms with Crippen molar-refractivity contribution in [1.82, 2.24) is 4.98 Å². The van der Waals surface area contributed by atoms with Gasteiger partial charge in [-0.15, -0.1) is 11.3 Å². The molecule has 0 N–H and O–H groups in total. The summed E-state index contributed by atoms with van der Waals surface area (Å²) in [6, 6.07) is 31.8. The van der Waals surface area contributed by atoms with Crippen molar-refractivity contribution in [1.29, 1.82) is 0 Å². The molecule has 0 saturated carbocycles. The molecule has 0 amide bonds. The van der Waals surface area contributed by atoms with Gasteiger partial charge in [-0.1, -0.05) is 78.9 Å². The van der Waals surface area contributed by atoms with Crippen LogP contribution in [0.25, 0.3) is 21.7 Å². The van der Waals surface area contributed by atoms with Crippen molar-refractivity contribution in [3.05, 3.63) is 102 Å². The van der Waals surface area contributed by atoms with Gasteiger partial charge in [-0.2, -0.15) is 0 Å². The fraction of sp³-hybridized carbons (Fsp3) is 0.0833. The lowest BCUT2D eigenvalue weighted by atomic mass is 9.92. The lowest BCUT2D eigenvalue weighted by molar-refractivity contribution is 0.289. The number of ether oxygens (including phenoxy) is 1. The summed E-state index contributed by atoms with van der Waals surface area (Å²) in [5, 5.41) is 0.929. The van der Waals surface area contributed by atoms with Crippen molar-refractivity contribution < 1.29 is 4.74 Å². The topological polar surface area (TPSA) is 34.5 Å². The Morgan fingerprint density at radius 1 is 0.893 bits per heavy atom. The predicted molar refractivity (Wildman–Crippen MR) is 113 cm³/mol. The molecule has 0 spiro atoms. The molecule has 4 aromatic rings. The minimum atomic E-state index is -0.626. The van der Waals surface area contributed by atoms with Crippen LogP contribution in [-0.2, 0) is 10.3 Å². The zero-order valence-electron chi connectivity index (χ0n) is 15.1. The molecule has 1 unspecified atom stereocenters. The van der Waals surface area contributed by atoms with Crippen molar-refractivity contribution in [3.63, 3.8) is 0 Å². The summed E-state index contributed by atoms with van der Waals surface area (Å²) in [6.45, 7) is 0.445. The lowest BCUT2D eigenvalue weighted by Gasteiger charge is -2.22. The first-order valence-electron chi connectivity index (χ1n) is 9.11. The van der Waals surface area contributed by atoms with Gasteiger partial charge in [0.05, 0.1) is 10.6 Å². The van der Waals surface area contributed by atoms with Gasteiger partial charge in [0.15, 0.2) is 11.9 Å². The highest BCUT2D eigenvalue weighted by Crippen LogP contribution is 2.45. The SMILES string of the molecule is [c]1cccc(C2(c3nc(-c4ccccc4)c(-c4ccccc4)s3)COC=N2)c1. The average Bonchev–Trinajstić information content (AvgIpc) is 3.44. The van der Waals surface area contributed by atoms with E-state index in [0.29, 0.717) is 6.61 Å². The molecule has 0 bridgehead atoms. The normalized spacial score (nSPS) is 18.1. The van der Waals surface area contributed by atoms with E-state index in [-0.39, 0.29) is 0 Å². The Morgan fingerprint density at radius 2 is 1.64 bits per heavy atom. The molecule has 1 aromatic heterocycles. The molecule has 3 nitrogen and oxygen atoms in total. The van der Waals surface area contributed by atoms with E-state index in [1.54, 1.807) is 17.7 Å². The zero-order valence-corrected chi connectivity index (χ0v) is 15.9. The smallest absolute Gasteiger partial charge is 0.174 e. The summed E-state index contributed by atoms with van der Waals surface area (Å²) in [7, 11) is 0. The Bertz CT molecular complexity index is 1050. The molecule has 5 rings (SSSR count). The molecule has 1 aliphatic rings. The first-order valence-corrected chi connectivity index (χ1v) is 9.92. The predicted octanol–water partition coefficient (Wildman–Crippen LogP) is 5.58. The summed E-state index contributed by atoms with van der Waals surface area (Å²) < 4.78 is 5.59. The van der Waals surface area contributed by atoms with Crippen LogP contribution in [0.5, 0.6) is 0 Å². The number of thiazole rings is 1. The van der Waals surface area contributed by atoms with Crippen LogP contribution >= 0.6 is 11.3 Å². The van der Waals surface area contributed by atoms with Crippen LogP contribution in [0, 0.1) is 6.07 Å². The van der Waals surface area contributed by atoms with Gasteiger partial charge in [-0.25, -0.2) is 9.98 Å². The second-order valence-corrected chi connectivity index (χ2v) is 7.63. The first kappa shape index (κ1) is 16.9. The lowest BCUT2D eigenvalue weighted by Crippen LogP contribution is -2.26. The van der Waals surface area contributed by atoms with E-state index in [1.165, 1.54) is 0 Å². The van der Waals surface area contributed by atoms with E-state index >= 15 is 0 Å². The van der Waals surface area contributed by atoms with Gasteiger partial charge >= 0.3 is 0 Å². The van der Waals surface area contributed by atoms with Crippen molar-refractivity contribution in [2.75, 3.05) is 6.61 Å². The van der Waals surface area contributed by atoms with Gasteiger partial charge in [-0.3, -0.25) is 0 Å². The third kappa shape index (κ3) is 2.83. The zero-order chi connectivity index (χ0) is 18.8. The van der Waals surface area contributed by atoms with Crippen molar-refractivity contribution in [2.24, 2.45) is 4.99 Å². The summed E-state index contributed by atoms with van der Waals surface area (Å²) in [4.78, 5) is 11.0. The number of hydrogen-bond donors (Lipinski definition) is 0. The summed E-state index contributed by atoms with van der Waals surface area (Å²) in [5.41, 5.74) is 3.65. The third-order valence-electron chi connectivity index (χ3n) is 4.89. The monoisotopic (exact) mass is 381 g/mol. The molecular formula is C24H17N2OS. The maximum absolute atomic E-state index is 5.59. The van der Waals surface area contributed by atoms with Gasteiger partial charge in [0.25, 0.3) is 0 Å². The third-order valence-corrected chi connectivity index (χ3v) is 6.14. The van der Waals surface area contributed by atoms with Crippen LogP contribution < -0.4 is 0 Å². The molecule has 28 heavy (non-hydrogen) atoms. The minimum absolute atomic E-state index is 0.445. The molecule has 1 atom stereocenters. The van der Waals surface area contributed by atoms with Gasteiger partial charge in [-0.05, 0) is 23.3 Å². The van der Waals surface area contributed by atoms with Crippen molar-refractivity contribution >= 4 is 17.7 Å². The Hall–Kier alpha value is -3.24. The van der Waals surface area contributed by atoms with Crippen LogP contribution in [0.15, 0.2) is 89.9 Å². The molecule has 1 aliphatic heterocycles. The van der Waals surface area contributed by atoms with E-state index in [1.807, 2.05) is 42.5 Å². The Morgan fingerprint density at radius 3 is 2.29 bits per heavy atom. The molecule has 4 heteroatoms. The van der Waals surface area contributed by atoms with Crippen molar-refractivity contribution in [2.45, 2.75) is 5.54 Å². The van der Waals surface area contributed by atoms with Gasteiger partial charge in [0, 0.05) is 5.56 Å². The number of benzene rings is 3. The van der Waals surface area contributed by atoms with Crippen molar-refractivity contribution in [3.8, 4) is 21.7 Å². The Kier molecular flexibility index (Phi) is 4.26. The summed E-state index contributed by atoms with van der Waals surface area (Å²) >= 11 is 1.68. The molecule has 1 radical (unpaired) electrons. The molecule has 2 heterocycles. The maximum Gasteiger partial charge on any atom is 0.174 e. The molecule has 0 fully saturated rings. The van der Waals surface area contributed by atoms with E-state index in [4.69, 9.17) is 14.7 Å².